The second kappa shape index (κ2) is 12.6. The Balaban J connectivity index is 1.61. The molecule has 2 atom stereocenters. The summed E-state index contributed by atoms with van der Waals surface area (Å²) in [5.41, 5.74) is 3.75. The van der Waals surface area contributed by atoms with E-state index in [2.05, 4.69) is 25.8 Å². The molecule has 228 valence electrons. The van der Waals surface area contributed by atoms with Gasteiger partial charge in [0.2, 0.25) is 11.1 Å². The lowest BCUT2D eigenvalue weighted by atomic mass is 9.94. The van der Waals surface area contributed by atoms with Crippen LogP contribution in [-0.4, -0.2) is 109 Å². The Morgan fingerprint density at radius 2 is 2.05 bits per heavy atom. The second-order valence-electron chi connectivity index (χ2n) is 10.8. The van der Waals surface area contributed by atoms with E-state index in [-0.39, 0.29) is 12.1 Å². The number of carbonyl (C=O) groups excluding carboxylic acids is 4. The summed E-state index contributed by atoms with van der Waals surface area (Å²) in [6.07, 6.45) is -0.183. The first-order valence-electron chi connectivity index (χ1n) is 12.8. The first-order valence-corrected chi connectivity index (χ1v) is 15.7. The zero-order chi connectivity index (χ0) is 30.8. The summed E-state index contributed by atoms with van der Waals surface area (Å²) in [4.78, 5) is 60.3. The van der Waals surface area contributed by atoms with Crippen molar-refractivity contribution in [3.05, 3.63) is 22.3 Å². The van der Waals surface area contributed by atoms with Crippen molar-refractivity contribution in [1.29, 1.82) is 0 Å². The zero-order valence-electron chi connectivity index (χ0n) is 24.1. The number of ether oxygens (including phenoxy) is 2. The average molecular weight is 640 g/mol. The number of hydrogen-bond donors (Lipinski definition) is 2. The fourth-order valence-corrected chi connectivity index (χ4v) is 7.02. The number of nitrogen functional groups attached to an aromatic ring is 1. The van der Waals surface area contributed by atoms with Gasteiger partial charge in [0.1, 0.15) is 5.70 Å². The molecule has 0 saturated carbocycles. The van der Waals surface area contributed by atoms with Crippen LogP contribution in [0.4, 0.5) is 5.13 Å². The van der Waals surface area contributed by atoms with Crippen LogP contribution in [-0.2, 0) is 41.6 Å². The molecule has 2 aliphatic heterocycles. The van der Waals surface area contributed by atoms with Crippen molar-refractivity contribution in [3.63, 3.8) is 0 Å². The normalized spacial score (nSPS) is 20.3. The van der Waals surface area contributed by atoms with Crippen molar-refractivity contribution in [2.24, 2.45) is 5.41 Å². The summed E-state index contributed by atoms with van der Waals surface area (Å²) >= 11 is 3.76. The third kappa shape index (κ3) is 6.55. The summed E-state index contributed by atoms with van der Waals surface area (Å²) in [6, 6.07) is 0. The minimum absolute atomic E-state index is 0.0371. The third-order valence-electron chi connectivity index (χ3n) is 6.22. The van der Waals surface area contributed by atoms with Crippen molar-refractivity contribution < 1.29 is 28.7 Å². The number of nitrogens with two attached hydrogens (primary N) is 1. The molecular weight excluding hydrogens is 607 g/mol. The van der Waals surface area contributed by atoms with Crippen molar-refractivity contribution in [2.45, 2.75) is 50.0 Å². The Labute approximate surface area is 254 Å². The van der Waals surface area contributed by atoms with E-state index in [1.165, 1.54) is 46.9 Å². The van der Waals surface area contributed by atoms with Crippen LogP contribution in [0.3, 0.4) is 0 Å². The second-order valence-corrected chi connectivity index (χ2v) is 13.7. The number of thiazole rings is 1. The Kier molecular flexibility index (Phi) is 9.49. The fraction of sp³-hybridized carbons (Fsp3) is 0.583. The molecule has 42 heavy (non-hydrogen) atoms. The number of rotatable bonds is 11. The van der Waals surface area contributed by atoms with E-state index in [4.69, 9.17) is 15.2 Å². The lowest BCUT2D eigenvalue weighted by molar-refractivity contribution is -0.208. The summed E-state index contributed by atoms with van der Waals surface area (Å²) in [5, 5.41) is 16.1. The summed E-state index contributed by atoms with van der Waals surface area (Å²) in [7, 11) is 5.11. The van der Waals surface area contributed by atoms with E-state index in [1.54, 1.807) is 30.8 Å². The fourth-order valence-electron chi connectivity index (χ4n) is 4.03. The first-order chi connectivity index (χ1) is 19.8. The predicted molar refractivity (Wildman–Crippen MR) is 156 cm³/mol. The SMILES string of the molecule is COC(=O)C1=C(CSc2nnnn2CCN(C)C)CS[C@@H]2N1C(=O)[C@]2(NC(=O)Cc1csc(N)n1)OC(=O)C(C)(C)C. The van der Waals surface area contributed by atoms with Gasteiger partial charge in [0.25, 0.3) is 11.6 Å². The van der Waals surface area contributed by atoms with Crippen LogP contribution in [0.25, 0.3) is 0 Å². The standard InChI is InChI=1S/C24H33N9O6S3/c1-23(2,3)20(37)39-24(27-15(34)9-14-12-41-21(25)26-14)18(36)33-16(17(35)38-6)13(10-40-19(24)33)11-42-22-28-29-30-32(22)8-7-31(4)5/h12,19H,7-11H2,1-6H3,(H2,25,26)(H,27,34)/t19-,24-/m0/s1. The van der Waals surface area contributed by atoms with Gasteiger partial charge in [-0.05, 0) is 50.9 Å². The van der Waals surface area contributed by atoms with Crippen LogP contribution < -0.4 is 11.1 Å². The van der Waals surface area contributed by atoms with Crippen LogP contribution in [0.5, 0.6) is 0 Å². The highest BCUT2D eigenvalue weighted by Crippen LogP contribution is 2.48. The largest absolute Gasteiger partial charge is 0.464 e. The van der Waals surface area contributed by atoms with E-state index in [0.717, 1.165) is 6.54 Å². The minimum atomic E-state index is -2.03. The van der Waals surface area contributed by atoms with Gasteiger partial charge in [0, 0.05) is 23.4 Å². The number of hydrogen-bond acceptors (Lipinski definition) is 15. The predicted octanol–water partition coefficient (Wildman–Crippen LogP) is 0.352. The molecule has 1 saturated heterocycles. The molecule has 0 spiro atoms. The number of aromatic nitrogens is 5. The number of tetrazole rings is 1. The maximum atomic E-state index is 13.9. The Bertz CT molecular complexity index is 1400. The lowest BCUT2D eigenvalue weighted by Crippen LogP contribution is -2.81. The summed E-state index contributed by atoms with van der Waals surface area (Å²) in [5.74, 6) is -2.19. The van der Waals surface area contributed by atoms with E-state index < -0.39 is 40.3 Å². The third-order valence-corrected chi connectivity index (χ3v) is 9.36. The Morgan fingerprint density at radius 3 is 2.67 bits per heavy atom. The molecule has 1 fully saturated rings. The molecule has 18 heteroatoms. The Hall–Kier alpha value is -3.22. The highest BCUT2D eigenvalue weighted by atomic mass is 32.2. The van der Waals surface area contributed by atoms with Gasteiger partial charge in [0.15, 0.2) is 10.5 Å². The van der Waals surface area contributed by atoms with Gasteiger partial charge in [-0.25, -0.2) is 14.5 Å². The van der Waals surface area contributed by atoms with Gasteiger partial charge >= 0.3 is 11.9 Å². The van der Waals surface area contributed by atoms with E-state index in [0.29, 0.717) is 39.6 Å². The van der Waals surface area contributed by atoms with Gasteiger partial charge in [-0.1, -0.05) is 11.8 Å². The van der Waals surface area contributed by atoms with Crippen molar-refractivity contribution in [1.82, 2.24) is 40.3 Å². The number of nitrogens with one attached hydrogen (secondary N) is 1. The average Bonchev–Trinajstić information content (AvgIpc) is 3.56. The van der Waals surface area contributed by atoms with Crippen LogP contribution in [0.1, 0.15) is 26.5 Å². The molecular formula is C24H33N9O6S3. The van der Waals surface area contributed by atoms with Gasteiger partial charge in [-0.2, -0.15) is 0 Å². The molecule has 4 heterocycles. The van der Waals surface area contributed by atoms with Gasteiger partial charge in [0.05, 0.1) is 31.2 Å². The maximum Gasteiger partial charge on any atom is 0.354 e. The van der Waals surface area contributed by atoms with E-state index >= 15 is 0 Å². The molecule has 0 unspecified atom stereocenters. The number of methoxy groups -OCH3 is 1. The minimum Gasteiger partial charge on any atom is -0.464 e. The number of carbonyl (C=O) groups is 4. The number of thioether (sulfide) groups is 2. The number of esters is 2. The molecule has 3 N–H and O–H groups in total. The topological polar surface area (TPSA) is 188 Å². The van der Waals surface area contributed by atoms with Crippen LogP contribution in [0.15, 0.2) is 21.8 Å². The quantitative estimate of drug-likeness (QED) is 0.148. The zero-order valence-corrected chi connectivity index (χ0v) is 26.5. The molecule has 2 aromatic heterocycles. The summed E-state index contributed by atoms with van der Waals surface area (Å²) in [6.45, 7) is 6.21. The van der Waals surface area contributed by atoms with Crippen molar-refractivity contribution in [2.75, 3.05) is 45.0 Å². The maximum absolute atomic E-state index is 13.9. The molecule has 2 amide bonds. The monoisotopic (exact) mass is 639 g/mol. The number of likely N-dealkylation sites (N-methyl/N-ethyl adjacent to an activating group) is 1. The van der Waals surface area contributed by atoms with Gasteiger partial charge in [-0.15, -0.1) is 28.2 Å². The number of β-lactam (4-membered cyclic amide) rings is 1. The van der Waals surface area contributed by atoms with E-state index in [9.17, 15) is 19.2 Å². The summed E-state index contributed by atoms with van der Waals surface area (Å²) < 4.78 is 12.5. The highest BCUT2D eigenvalue weighted by Gasteiger charge is 2.69. The van der Waals surface area contributed by atoms with E-state index in [1.807, 2.05) is 19.0 Å². The number of nitrogens with zero attached hydrogens (tertiary/aromatic N) is 7. The number of amides is 2. The molecule has 4 rings (SSSR count). The number of anilines is 1. The molecule has 0 radical (unpaired) electrons. The Morgan fingerprint density at radius 1 is 1.31 bits per heavy atom. The molecule has 15 nitrogen and oxygen atoms in total. The highest BCUT2D eigenvalue weighted by molar-refractivity contribution is 8.01. The van der Waals surface area contributed by atoms with Gasteiger partial charge in [-0.3, -0.25) is 19.3 Å². The molecule has 0 aliphatic carbocycles. The molecule has 0 aromatic carbocycles. The number of fused-ring (bicyclic) bond motifs is 1. The van der Waals surface area contributed by atoms with Gasteiger partial charge < -0.3 is 25.4 Å². The molecule has 0 bridgehead atoms. The van der Waals surface area contributed by atoms with Crippen molar-refractivity contribution in [3.8, 4) is 0 Å². The van der Waals surface area contributed by atoms with Crippen LogP contribution in [0, 0.1) is 5.41 Å². The first kappa shape index (κ1) is 31.7. The lowest BCUT2D eigenvalue weighted by Gasteiger charge is -2.56. The smallest absolute Gasteiger partial charge is 0.354 e. The van der Waals surface area contributed by atoms with Crippen molar-refractivity contribution >= 4 is 63.7 Å². The molecule has 2 aliphatic rings. The molecule has 2 aromatic rings. The van der Waals surface area contributed by atoms with Crippen LogP contribution in [0.2, 0.25) is 0 Å². The van der Waals surface area contributed by atoms with Crippen LogP contribution >= 0.6 is 34.9 Å².